The average molecular weight is 293 g/mol. The molecule has 5 nitrogen and oxygen atoms in total. The highest BCUT2D eigenvalue weighted by atomic mass is 35.5. The lowest BCUT2D eigenvalue weighted by Gasteiger charge is -2.06. The van der Waals surface area contributed by atoms with Crippen molar-refractivity contribution in [2.45, 2.75) is 6.61 Å². The topological polar surface area (TPSA) is 52.8 Å². The fraction of sp³-hybridized carbons (Fsp3) is 0.0833. The van der Waals surface area contributed by atoms with Gasteiger partial charge in [-0.1, -0.05) is 17.7 Å². The van der Waals surface area contributed by atoms with Crippen molar-refractivity contribution in [3.8, 4) is 11.4 Å². The Kier molecular flexibility index (Phi) is 3.43. The summed E-state index contributed by atoms with van der Waals surface area (Å²) in [5.41, 5.74) is 0.853. The van der Waals surface area contributed by atoms with E-state index in [1.165, 1.54) is 17.7 Å². The van der Waals surface area contributed by atoms with E-state index in [9.17, 15) is 0 Å². The van der Waals surface area contributed by atoms with Crippen LogP contribution in [0.2, 0.25) is 4.34 Å². The molecule has 19 heavy (non-hydrogen) atoms. The number of ether oxygens (including phenoxy) is 1. The quantitative estimate of drug-likeness (QED) is 0.742. The lowest BCUT2D eigenvalue weighted by molar-refractivity contribution is 0.309. The fourth-order valence-corrected chi connectivity index (χ4v) is 2.58. The van der Waals surface area contributed by atoms with Gasteiger partial charge in [0, 0.05) is 10.9 Å². The van der Waals surface area contributed by atoms with Crippen molar-refractivity contribution in [2.24, 2.45) is 0 Å². The fourth-order valence-electron chi connectivity index (χ4n) is 1.58. The summed E-state index contributed by atoms with van der Waals surface area (Å²) in [5, 5.41) is 11.0. The maximum absolute atomic E-state index is 5.87. The molecule has 3 rings (SSSR count). The number of nitrogens with zero attached hydrogens (tertiary/aromatic N) is 4. The molecule has 0 aliphatic heterocycles. The molecule has 0 atom stereocenters. The number of hydrogen-bond acceptors (Lipinski definition) is 5. The summed E-state index contributed by atoms with van der Waals surface area (Å²) in [6.07, 6.45) is 1.54. The van der Waals surface area contributed by atoms with E-state index in [2.05, 4.69) is 15.5 Å². The van der Waals surface area contributed by atoms with E-state index in [0.29, 0.717) is 6.61 Å². The zero-order chi connectivity index (χ0) is 13.1. The molecule has 0 aliphatic carbocycles. The van der Waals surface area contributed by atoms with Gasteiger partial charge in [0.25, 0.3) is 0 Å². The van der Waals surface area contributed by atoms with E-state index in [1.807, 2.05) is 36.4 Å². The minimum atomic E-state index is 0.496. The standard InChI is InChI=1S/C12H9ClN4OS/c13-12-5-4-11(19-12)7-18-10-3-1-2-9(6-10)17-8-14-15-16-17/h1-6,8H,7H2. The Labute approximate surface area is 118 Å². The van der Waals surface area contributed by atoms with Gasteiger partial charge in [-0.25, -0.2) is 4.68 Å². The summed E-state index contributed by atoms with van der Waals surface area (Å²) in [5.74, 6) is 0.762. The van der Waals surface area contributed by atoms with Crippen LogP contribution >= 0.6 is 22.9 Å². The van der Waals surface area contributed by atoms with Crippen LogP contribution in [0.5, 0.6) is 5.75 Å². The SMILES string of the molecule is Clc1ccc(COc2cccc(-n3cnnn3)c2)s1. The first kappa shape index (κ1) is 12.1. The van der Waals surface area contributed by atoms with Gasteiger partial charge in [-0.3, -0.25) is 0 Å². The Morgan fingerprint density at radius 1 is 1.26 bits per heavy atom. The van der Waals surface area contributed by atoms with Gasteiger partial charge < -0.3 is 4.74 Å². The summed E-state index contributed by atoms with van der Waals surface area (Å²) in [4.78, 5) is 1.08. The molecule has 1 aromatic carbocycles. The lowest BCUT2D eigenvalue weighted by atomic mass is 10.3. The third kappa shape index (κ3) is 2.91. The molecule has 0 saturated heterocycles. The van der Waals surface area contributed by atoms with Crippen LogP contribution in [0.4, 0.5) is 0 Å². The summed E-state index contributed by atoms with van der Waals surface area (Å²) in [6, 6.07) is 11.4. The zero-order valence-corrected chi connectivity index (χ0v) is 11.3. The van der Waals surface area contributed by atoms with Crippen molar-refractivity contribution >= 4 is 22.9 Å². The van der Waals surface area contributed by atoms with Crippen molar-refractivity contribution < 1.29 is 4.74 Å². The van der Waals surface area contributed by atoms with Crippen LogP contribution in [0.3, 0.4) is 0 Å². The number of thiophene rings is 1. The number of tetrazole rings is 1. The molecule has 96 valence electrons. The van der Waals surface area contributed by atoms with Crippen LogP contribution in [-0.2, 0) is 6.61 Å². The molecular weight excluding hydrogens is 284 g/mol. The minimum Gasteiger partial charge on any atom is -0.488 e. The summed E-state index contributed by atoms with van der Waals surface area (Å²) < 4.78 is 8.06. The monoisotopic (exact) mass is 292 g/mol. The molecule has 0 bridgehead atoms. The maximum atomic E-state index is 5.87. The highest BCUT2D eigenvalue weighted by Gasteiger charge is 2.02. The molecule has 0 N–H and O–H groups in total. The van der Waals surface area contributed by atoms with Crippen LogP contribution in [-0.4, -0.2) is 20.2 Å². The Hall–Kier alpha value is -1.92. The van der Waals surface area contributed by atoms with E-state index in [4.69, 9.17) is 16.3 Å². The Bertz CT molecular complexity index is 668. The first-order valence-electron chi connectivity index (χ1n) is 5.52. The van der Waals surface area contributed by atoms with E-state index in [0.717, 1.165) is 20.7 Å². The Morgan fingerprint density at radius 2 is 2.21 bits per heavy atom. The van der Waals surface area contributed by atoms with Crippen LogP contribution in [0, 0.1) is 0 Å². The van der Waals surface area contributed by atoms with E-state index in [1.54, 1.807) is 4.68 Å². The number of benzene rings is 1. The zero-order valence-electron chi connectivity index (χ0n) is 9.73. The minimum absolute atomic E-state index is 0.496. The molecule has 0 amide bonds. The highest BCUT2D eigenvalue weighted by molar-refractivity contribution is 7.16. The summed E-state index contributed by atoms with van der Waals surface area (Å²) in [7, 11) is 0. The molecule has 0 saturated carbocycles. The van der Waals surface area contributed by atoms with Crippen LogP contribution in [0.1, 0.15) is 4.88 Å². The molecule has 0 unspecified atom stereocenters. The molecule has 3 aromatic rings. The molecule has 0 aliphatic rings. The van der Waals surface area contributed by atoms with Gasteiger partial charge in [0.1, 0.15) is 18.7 Å². The molecule has 7 heteroatoms. The second-order valence-corrected chi connectivity index (χ2v) is 5.55. The van der Waals surface area contributed by atoms with Gasteiger partial charge in [-0.05, 0) is 34.7 Å². The molecule has 0 fully saturated rings. The molecule has 2 heterocycles. The Morgan fingerprint density at radius 3 is 2.95 bits per heavy atom. The van der Waals surface area contributed by atoms with Gasteiger partial charge in [-0.2, -0.15) is 0 Å². The number of rotatable bonds is 4. The van der Waals surface area contributed by atoms with Gasteiger partial charge >= 0.3 is 0 Å². The molecule has 0 spiro atoms. The largest absolute Gasteiger partial charge is 0.488 e. The second-order valence-electron chi connectivity index (χ2n) is 3.75. The van der Waals surface area contributed by atoms with Crippen LogP contribution in [0.15, 0.2) is 42.7 Å². The van der Waals surface area contributed by atoms with Crippen LogP contribution in [0.25, 0.3) is 5.69 Å². The molecule has 0 radical (unpaired) electrons. The van der Waals surface area contributed by atoms with Gasteiger partial charge in [0.15, 0.2) is 0 Å². The third-order valence-corrected chi connectivity index (χ3v) is 3.65. The predicted molar refractivity (Wildman–Crippen MR) is 72.8 cm³/mol. The van der Waals surface area contributed by atoms with Crippen molar-refractivity contribution in [3.05, 3.63) is 51.9 Å². The highest BCUT2D eigenvalue weighted by Crippen LogP contribution is 2.23. The first-order chi connectivity index (χ1) is 9.31. The van der Waals surface area contributed by atoms with Crippen LogP contribution < -0.4 is 4.74 Å². The summed E-state index contributed by atoms with van der Waals surface area (Å²) >= 11 is 7.38. The average Bonchev–Trinajstić information content (AvgIpc) is 3.08. The van der Waals surface area contributed by atoms with Crippen molar-refractivity contribution in [1.29, 1.82) is 0 Å². The smallest absolute Gasteiger partial charge is 0.143 e. The number of halogens is 1. The van der Waals surface area contributed by atoms with E-state index >= 15 is 0 Å². The molecular formula is C12H9ClN4OS. The van der Waals surface area contributed by atoms with Crippen molar-refractivity contribution in [1.82, 2.24) is 20.2 Å². The van der Waals surface area contributed by atoms with Crippen molar-refractivity contribution in [3.63, 3.8) is 0 Å². The van der Waals surface area contributed by atoms with Crippen molar-refractivity contribution in [2.75, 3.05) is 0 Å². The van der Waals surface area contributed by atoms with Gasteiger partial charge in [0.05, 0.1) is 10.0 Å². The normalized spacial score (nSPS) is 10.6. The van der Waals surface area contributed by atoms with E-state index < -0.39 is 0 Å². The van der Waals surface area contributed by atoms with E-state index in [-0.39, 0.29) is 0 Å². The Balaban J connectivity index is 1.73. The lowest BCUT2D eigenvalue weighted by Crippen LogP contribution is -1.97. The number of aromatic nitrogens is 4. The molecule has 2 aromatic heterocycles. The first-order valence-corrected chi connectivity index (χ1v) is 6.71. The second kappa shape index (κ2) is 5.38. The summed E-state index contributed by atoms with van der Waals surface area (Å²) in [6.45, 7) is 0.496. The maximum Gasteiger partial charge on any atom is 0.143 e. The number of hydrogen-bond donors (Lipinski definition) is 0. The van der Waals surface area contributed by atoms with Gasteiger partial charge in [-0.15, -0.1) is 16.4 Å². The predicted octanol–water partition coefficient (Wildman–Crippen LogP) is 2.96. The van der Waals surface area contributed by atoms with Gasteiger partial charge in [0.2, 0.25) is 0 Å². The third-order valence-electron chi connectivity index (χ3n) is 2.44.